The van der Waals surface area contributed by atoms with Crippen LogP contribution in [0.25, 0.3) is 0 Å². The van der Waals surface area contributed by atoms with Crippen LogP contribution in [0.3, 0.4) is 0 Å². The van der Waals surface area contributed by atoms with Crippen molar-refractivity contribution in [1.29, 1.82) is 5.26 Å². The summed E-state index contributed by atoms with van der Waals surface area (Å²) in [5.41, 5.74) is 0.478. The molecule has 0 aliphatic carbocycles. The topological polar surface area (TPSA) is 61.2 Å². The third-order valence-electron chi connectivity index (χ3n) is 3.90. The van der Waals surface area contributed by atoms with E-state index in [4.69, 9.17) is 5.26 Å². The lowest BCUT2D eigenvalue weighted by Crippen LogP contribution is -2.32. The van der Waals surface area contributed by atoms with Crippen molar-refractivity contribution in [2.45, 2.75) is 31.2 Å². The third-order valence-corrected chi connectivity index (χ3v) is 5.61. The summed E-state index contributed by atoms with van der Waals surface area (Å²) < 4.78 is 24.5. The van der Waals surface area contributed by atoms with Gasteiger partial charge in [-0.15, -0.1) is 0 Å². The van der Waals surface area contributed by atoms with Crippen LogP contribution < -0.4 is 0 Å². The molecule has 0 radical (unpaired) electrons. The Bertz CT molecular complexity index is 602. The lowest BCUT2D eigenvalue weighted by atomic mass is 10.1. The van der Waals surface area contributed by atoms with E-state index in [0.717, 1.165) is 13.0 Å². The van der Waals surface area contributed by atoms with Gasteiger partial charge in [0.1, 0.15) is 0 Å². The summed E-state index contributed by atoms with van der Waals surface area (Å²) in [4.78, 5) is 2.54. The minimum atomic E-state index is -3.26. The van der Waals surface area contributed by atoms with E-state index in [0.29, 0.717) is 29.0 Å². The number of likely N-dealkylation sites (tertiary alicyclic amines) is 1. The largest absolute Gasteiger partial charge is 0.299 e. The SMILES string of the molecule is CC1CC(C)N(CCS(=O)(=O)c2ccc(C#N)cc2)C1. The van der Waals surface area contributed by atoms with Crippen LogP contribution in [-0.4, -0.2) is 38.2 Å². The highest BCUT2D eigenvalue weighted by molar-refractivity contribution is 7.91. The molecular weight excluding hydrogens is 272 g/mol. The van der Waals surface area contributed by atoms with Crippen molar-refractivity contribution in [2.75, 3.05) is 18.8 Å². The number of hydrogen-bond acceptors (Lipinski definition) is 4. The van der Waals surface area contributed by atoms with Crippen LogP contribution in [0.15, 0.2) is 29.2 Å². The van der Waals surface area contributed by atoms with Gasteiger partial charge in [0.25, 0.3) is 0 Å². The standard InChI is InChI=1S/C15H20N2O2S/c1-12-9-13(2)17(11-12)7-8-20(18,19)15-5-3-14(10-16)4-6-15/h3-6,12-13H,7-9,11H2,1-2H3. The Kier molecular flexibility index (Phi) is 4.46. The molecule has 2 atom stereocenters. The first-order valence-electron chi connectivity index (χ1n) is 6.89. The van der Waals surface area contributed by atoms with Crippen LogP contribution in [0, 0.1) is 17.2 Å². The highest BCUT2D eigenvalue weighted by Crippen LogP contribution is 2.22. The zero-order valence-electron chi connectivity index (χ0n) is 11.9. The molecular formula is C15H20N2O2S. The molecule has 0 bridgehead atoms. The molecule has 1 aromatic carbocycles. The van der Waals surface area contributed by atoms with Gasteiger partial charge in [0.15, 0.2) is 9.84 Å². The van der Waals surface area contributed by atoms with Crippen LogP contribution in [-0.2, 0) is 9.84 Å². The summed E-state index contributed by atoms with van der Waals surface area (Å²) >= 11 is 0. The average Bonchev–Trinajstić information content (AvgIpc) is 2.75. The van der Waals surface area contributed by atoms with Crippen LogP contribution in [0.2, 0.25) is 0 Å². The molecule has 0 saturated carbocycles. The molecule has 1 aliphatic heterocycles. The first kappa shape index (κ1) is 15.0. The molecule has 1 aliphatic rings. The molecule has 2 rings (SSSR count). The quantitative estimate of drug-likeness (QED) is 0.852. The van der Waals surface area contributed by atoms with E-state index in [1.807, 2.05) is 6.07 Å². The molecule has 108 valence electrons. The molecule has 0 N–H and O–H groups in total. The van der Waals surface area contributed by atoms with Crippen LogP contribution in [0.4, 0.5) is 0 Å². The lowest BCUT2D eigenvalue weighted by molar-refractivity contribution is 0.281. The first-order chi connectivity index (χ1) is 9.42. The van der Waals surface area contributed by atoms with Crippen LogP contribution in [0.5, 0.6) is 0 Å². The van der Waals surface area contributed by atoms with Gasteiger partial charge in [-0.2, -0.15) is 5.26 Å². The zero-order valence-corrected chi connectivity index (χ0v) is 12.7. The number of nitriles is 1. The van der Waals surface area contributed by atoms with E-state index >= 15 is 0 Å². The van der Waals surface area contributed by atoms with Crippen LogP contribution in [0.1, 0.15) is 25.8 Å². The minimum absolute atomic E-state index is 0.135. The maximum atomic E-state index is 12.3. The van der Waals surface area contributed by atoms with Crippen molar-refractivity contribution in [3.05, 3.63) is 29.8 Å². The molecule has 0 aromatic heterocycles. The predicted octanol–water partition coefficient (Wildman–Crippen LogP) is 2.06. The van der Waals surface area contributed by atoms with Crippen molar-refractivity contribution < 1.29 is 8.42 Å². The average molecular weight is 292 g/mol. The second-order valence-corrected chi connectivity index (χ2v) is 7.75. The highest BCUT2D eigenvalue weighted by Gasteiger charge is 2.27. The van der Waals surface area contributed by atoms with Gasteiger partial charge < -0.3 is 0 Å². The summed E-state index contributed by atoms with van der Waals surface area (Å²) in [7, 11) is -3.26. The Balaban J connectivity index is 2.02. The summed E-state index contributed by atoms with van der Waals surface area (Å²) in [6.07, 6.45) is 1.14. The van der Waals surface area contributed by atoms with Crippen molar-refractivity contribution >= 4 is 9.84 Å². The summed E-state index contributed by atoms with van der Waals surface area (Å²) in [6, 6.07) is 8.58. The molecule has 1 saturated heterocycles. The van der Waals surface area contributed by atoms with Gasteiger partial charge in [-0.3, -0.25) is 4.90 Å². The lowest BCUT2D eigenvalue weighted by Gasteiger charge is -2.20. The van der Waals surface area contributed by atoms with Crippen molar-refractivity contribution in [3.63, 3.8) is 0 Å². The molecule has 2 unspecified atom stereocenters. The van der Waals surface area contributed by atoms with Crippen LogP contribution >= 0.6 is 0 Å². The molecule has 20 heavy (non-hydrogen) atoms. The number of hydrogen-bond donors (Lipinski definition) is 0. The van der Waals surface area contributed by atoms with E-state index in [2.05, 4.69) is 18.7 Å². The summed E-state index contributed by atoms with van der Waals surface area (Å²) in [5, 5.41) is 8.73. The molecule has 5 heteroatoms. The Morgan fingerprint density at radius 3 is 2.45 bits per heavy atom. The molecule has 1 fully saturated rings. The number of rotatable bonds is 4. The van der Waals surface area contributed by atoms with E-state index in [1.165, 1.54) is 12.1 Å². The van der Waals surface area contributed by atoms with Gasteiger partial charge in [-0.05, 0) is 43.5 Å². The molecule has 1 aromatic rings. The fourth-order valence-corrected chi connectivity index (χ4v) is 4.05. The molecule has 0 amide bonds. The summed E-state index contributed by atoms with van der Waals surface area (Å²) in [5.74, 6) is 0.776. The van der Waals surface area contributed by atoms with E-state index < -0.39 is 9.84 Å². The molecule has 0 spiro atoms. The Morgan fingerprint density at radius 1 is 1.30 bits per heavy atom. The Morgan fingerprint density at radius 2 is 1.95 bits per heavy atom. The van der Waals surface area contributed by atoms with E-state index in [1.54, 1.807) is 12.1 Å². The maximum Gasteiger partial charge on any atom is 0.179 e. The fourth-order valence-electron chi connectivity index (χ4n) is 2.79. The second-order valence-electron chi connectivity index (χ2n) is 5.64. The van der Waals surface area contributed by atoms with E-state index in [9.17, 15) is 8.42 Å². The van der Waals surface area contributed by atoms with E-state index in [-0.39, 0.29) is 5.75 Å². The minimum Gasteiger partial charge on any atom is -0.299 e. The summed E-state index contributed by atoms with van der Waals surface area (Å²) in [6.45, 7) is 5.90. The highest BCUT2D eigenvalue weighted by atomic mass is 32.2. The van der Waals surface area contributed by atoms with Crippen molar-refractivity contribution in [2.24, 2.45) is 5.92 Å². The molecule has 1 heterocycles. The second kappa shape index (κ2) is 5.94. The van der Waals surface area contributed by atoms with Gasteiger partial charge in [0, 0.05) is 19.1 Å². The Hall–Kier alpha value is -1.38. The zero-order chi connectivity index (χ0) is 14.8. The fraction of sp³-hybridized carbons (Fsp3) is 0.533. The molecule has 4 nitrogen and oxygen atoms in total. The monoisotopic (exact) mass is 292 g/mol. The van der Waals surface area contributed by atoms with Crippen molar-refractivity contribution in [1.82, 2.24) is 4.90 Å². The smallest absolute Gasteiger partial charge is 0.179 e. The normalized spacial score (nSPS) is 23.6. The Labute approximate surface area is 120 Å². The predicted molar refractivity (Wildman–Crippen MR) is 78.0 cm³/mol. The first-order valence-corrected chi connectivity index (χ1v) is 8.54. The number of nitrogens with zero attached hydrogens (tertiary/aromatic N) is 2. The van der Waals surface area contributed by atoms with Gasteiger partial charge in [0.05, 0.1) is 22.3 Å². The van der Waals surface area contributed by atoms with Gasteiger partial charge in [0.2, 0.25) is 0 Å². The third kappa shape index (κ3) is 3.38. The number of benzene rings is 1. The van der Waals surface area contributed by atoms with Crippen molar-refractivity contribution in [3.8, 4) is 6.07 Å². The van der Waals surface area contributed by atoms with Gasteiger partial charge in [-0.1, -0.05) is 6.92 Å². The maximum absolute atomic E-state index is 12.3. The van der Waals surface area contributed by atoms with Gasteiger partial charge >= 0.3 is 0 Å². The van der Waals surface area contributed by atoms with Gasteiger partial charge in [-0.25, -0.2) is 8.42 Å². The number of sulfone groups is 1.